The number of nitrogen functional groups attached to an aromatic ring is 1. The third-order valence-electron chi connectivity index (χ3n) is 7.71. The van der Waals surface area contributed by atoms with E-state index < -0.39 is 17.7 Å². The minimum absolute atomic E-state index is 0.0501. The molecule has 0 spiro atoms. The molecular formula is C29H34ClF2N5O3. The SMILES string of the molecule is C[C@@H](Oc1c(N)ncc2c(C3=CCN(C(=O)N4CCN(C(C)(C)C)CC4)CC3)coc12)c1c(F)ccc(F)c1Cl. The first-order valence-electron chi connectivity index (χ1n) is 13.4. The molecule has 2 aromatic heterocycles. The van der Waals surface area contributed by atoms with Gasteiger partial charge in [-0.25, -0.2) is 18.6 Å². The largest absolute Gasteiger partial charge is 0.478 e. The second-order valence-corrected chi connectivity index (χ2v) is 11.6. The van der Waals surface area contributed by atoms with Crippen LogP contribution in [0.15, 0.2) is 35.1 Å². The molecule has 0 unspecified atom stereocenters. The number of ether oxygens (including phenoxy) is 1. The fourth-order valence-corrected chi connectivity index (χ4v) is 5.66. The van der Waals surface area contributed by atoms with Crippen LogP contribution < -0.4 is 10.5 Å². The molecule has 11 heteroatoms. The molecule has 0 aliphatic carbocycles. The van der Waals surface area contributed by atoms with Crippen molar-refractivity contribution in [1.82, 2.24) is 19.7 Å². The van der Waals surface area contributed by atoms with Crippen molar-refractivity contribution in [3.8, 4) is 5.75 Å². The van der Waals surface area contributed by atoms with Crippen molar-refractivity contribution in [2.75, 3.05) is 45.0 Å². The Balaban J connectivity index is 1.32. The normalized spacial score (nSPS) is 17.7. The first-order valence-corrected chi connectivity index (χ1v) is 13.8. The van der Waals surface area contributed by atoms with Gasteiger partial charge in [0.05, 0.1) is 16.7 Å². The zero-order chi connectivity index (χ0) is 28.8. The molecule has 2 amide bonds. The average Bonchev–Trinajstić information content (AvgIpc) is 3.36. The quantitative estimate of drug-likeness (QED) is 0.379. The van der Waals surface area contributed by atoms with Crippen LogP contribution in [0.25, 0.3) is 16.5 Å². The van der Waals surface area contributed by atoms with Gasteiger partial charge in [-0.15, -0.1) is 0 Å². The lowest BCUT2D eigenvalue weighted by atomic mass is 9.99. The molecule has 2 aliphatic heterocycles. The number of pyridine rings is 1. The van der Waals surface area contributed by atoms with E-state index in [1.807, 2.05) is 15.9 Å². The van der Waals surface area contributed by atoms with Gasteiger partial charge in [-0.1, -0.05) is 17.7 Å². The molecule has 3 aromatic rings. The van der Waals surface area contributed by atoms with Crippen molar-refractivity contribution in [2.24, 2.45) is 0 Å². The van der Waals surface area contributed by atoms with E-state index in [0.717, 1.165) is 36.4 Å². The number of amides is 2. The van der Waals surface area contributed by atoms with Crippen LogP contribution in [0.3, 0.4) is 0 Å². The van der Waals surface area contributed by atoms with Gasteiger partial charge in [-0.3, -0.25) is 4.90 Å². The van der Waals surface area contributed by atoms with Crippen molar-refractivity contribution in [2.45, 2.75) is 45.8 Å². The molecule has 0 radical (unpaired) electrons. The fraction of sp³-hybridized carbons (Fsp3) is 0.448. The molecule has 1 fully saturated rings. The standard InChI is InChI=1S/C29H34ClF2N5O3/c1-17(23-21(31)5-6-22(32)24(23)30)40-26-25-19(15-34-27(26)33)20(16-39-25)18-7-9-35(10-8-18)28(38)36-11-13-37(14-12-36)29(2,3)4/h5-7,15-17H,8-14H2,1-4H3,(H2,33,34)/t17-/m1/s1. The van der Waals surface area contributed by atoms with Gasteiger partial charge < -0.3 is 24.7 Å². The summed E-state index contributed by atoms with van der Waals surface area (Å²) in [6.07, 6.45) is 4.91. The maximum atomic E-state index is 14.5. The second-order valence-electron chi connectivity index (χ2n) is 11.2. The van der Waals surface area contributed by atoms with Crippen molar-refractivity contribution in [3.63, 3.8) is 0 Å². The molecule has 1 atom stereocenters. The molecule has 1 aromatic carbocycles. The van der Waals surface area contributed by atoms with E-state index in [9.17, 15) is 13.6 Å². The van der Waals surface area contributed by atoms with Gasteiger partial charge in [0.15, 0.2) is 11.4 Å². The molecule has 0 bridgehead atoms. The minimum atomic E-state index is -0.967. The van der Waals surface area contributed by atoms with E-state index in [1.165, 1.54) is 0 Å². The molecular weight excluding hydrogens is 540 g/mol. The molecule has 8 nitrogen and oxygen atoms in total. The summed E-state index contributed by atoms with van der Waals surface area (Å²) in [5, 5.41) is 0.320. The highest BCUT2D eigenvalue weighted by atomic mass is 35.5. The summed E-state index contributed by atoms with van der Waals surface area (Å²) in [5.41, 5.74) is 8.26. The van der Waals surface area contributed by atoms with Crippen LogP contribution in [0.2, 0.25) is 5.02 Å². The Bertz CT molecular complexity index is 1460. The summed E-state index contributed by atoms with van der Waals surface area (Å²) >= 11 is 6.03. The zero-order valence-corrected chi connectivity index (χ0v) is 23.9. The lowest BCUT2D eigenvalue weighted by Crippen LogP contribution is -2.57. The smallest absolute Gasteiger partial charge is 0.320 e. The maximum Gasteiger partial charge on any atom is 0.320 e. The minimum Gasteiger partial charge on any atom is -0.478 e. The van der Waals surface area contributed by atoms with E-state index in [0.29, 0.717) is 43.6 Å². The van der Waals surface area contributed by atoms with Crippen molar-refractivity contribution >= 4 is 40.0 Å². The van der Waals surface area contributed by atoms with E-state index in [2.05, 4.69) is 30.7 Å². The highest BCUT2D eigenvalue weighted by Gasteiger charge is 2.31. The van der Waals surface area contributed by atoms with Crippen LogP contribution in [0.4, 0.5) is 19.4 Å². The third kappa shape index (κ3) is 5.34. The van der Waals surface area contributed by atoms with E-state index in [-0.39, 0.29) is 33.7 Å². The van der Waals surface area contributed by atoms with E-state index in [1.54, 1.807) is 19.4 Å². The highest BCUT2D eigenvalue weighted by molar-refractivity contribution is 6.31. The molecule has 1 saturated heterocycles. The van der Waals surface area contributed by atoms with Gasteiger partial charge in [0, 0.05) is 62.1 Å². The summed E-state index contributed by atoms with van der Waals surface area (Å²) in [4.78, 5) is 23.6. The lowest BCUT2D eigenvalue weighted by molar-refractivity contribution is 0.0649. The van der Waals surface area contributed by atoms with E-state index >= 15 is 0 Å². The number of carbonyl (C=O) groups excluding carboxylic acids is 1. The summed E-state index contributed by atoms with van der Waals surface area (Å²) in [5.74, 6) is -1.27. The van der Waals surface area contributed by atoms with Crippen LogP contribution in [-0.4, -0.2) is 70.5 Å². The first kappa shape index (κ1) is 28.2. The Labute approximate surface area is 237 Å². The summed E-state index contributed by atoms with van der Waals surface area (Å²) < 4.78 is 40.3. The highest BCUT2D eigenvalue weighted by Crippen LogP contribution is 2.40. The Morgan fingerprint density at radius 3 is 2.48 bits per heavy atom. The Morgan fingerprint density at radius 2 is 1.82 bits per heavy atom. The first-order chi connectivity index (χ1) is 19.0. The third-order valence-corrected chi connectivity index (χ3v) is 8.09. The van der Waals surface area contributed by atoms with Crippen molar-refractivity contribution < 1.29 is 22.7 Å². The van der Waals surface area contributed by atoms with Gasteiger partial charge in [0.25, 0.3) is 0 Å². The number of hydrogen-bond acceptors (Lipinski definition) is 6. The second kappa shape index (κ2) is 10.9. The number of aromatic nitrogens is 1. The van der Waals surface area contributed by atoms with Gasteiger partial charge >= 0.3 is 6.03 Å². The van der Waals surface area contributed by atoms with Crippen LogP contribution in [0.1, 0.15) is 51.3 Å². The van der Waals surface area contributed by atoms with Gasteiger partial charge in [-0.2, -0.15) is 0 Å². The van der Waals surface area contributed by atoms with Gasteiger partial charge in [0.1, 0.15) is 17.7 Å². The number of urea groups is 1. The van der Waals surface area contributed by atoms with Crippen LogP contribution in [0, 0.1) is 11.6 Å². The molecule has 2 aliphatic rings. The van der Waals surface area contributed by atoms with Crippen molar-refractivity contribution in [1.29, 1.82) is 0 Å². The number of nitrogens with two attached hydrogens (primary N) is 1. The van der Waals surface area contributed by atoms with Gasteiger partial charge in [-0.05, 0) is 51.8 Å². The number of fused-ring (bicyclic) bond motifs is 1. The number of carbonyl (C=O) groups is 1. The number of furan rings is 1. The molecule has 214 valence electrons. The van der Waals surface area contributed by atoms with Crippen LogP contribution >= 0.6 is 11.6 Å². The average molecular weight is 574 g/mol. The maximum absolute atomic E-state index is 14.5. The molecule has 0 saturated carbocycles. The Kier molecular flexibility index (Phi) is 7.67. The van der Waals surface area contributed by atoms with Gasteiger partial charge in [0.2, 0.25) is 5.75 Å². The fourth-order valence-electron chi connectivity index (χ4n) is 5.35. The summed E-state index contributed by atoms with van der Waals surface area (Å²) in [6.45, 7) is 12.4. The summed E-state index contributed by atoms with van der Waals surface area (Å²) in [7, 11) is 0. The summed E-state index contributed by atoms with van der Waals surface area (Å²) in [6, 6.07) is 2.02. The monoisotopic (exact) mass is 573 g/mol. The van der Waals surface area contributed by atoms with Crippen molar-refractivity contribution in [3.05, 3.63) is 58.5 Å². The Morgan fingerprint density at radius 1 is 1.12 bits per heavy atom. The zero-order valence-electron chi connectivity index (χ0n) is 23.1. The number of benzene rings is 1. The predicted molar refractivity (Wildman–Crippen MR) is 151 cm³/mol. The number of halogens is 3. The molecule has 2 N–H and O–H groups in total. The Hall–Kier alpha value is -3.37. The molecule has 4 heterocycles. The predicted octanol–water partition coefficient (Wildman–Crippen LogP) is 6.11. The van der Waals surface area contributed by atoms with E-state index in [4.69, 9.17) is 26.5 Å². The van der Waals surface area contributed by atoms with Crippen LogP contribution in [-0.2, 0) is 0 Å². The number of anilines is 1. The number of piperazine rings is 1. The molecule has 40 heavy (non-hydrogen) atoms. The molecule has 5 rings (SSSR count). The number of hydrogen-bond donors (Lipinski definition) is 1. The number of rotatable bonds is 4. The topological polar surface area (TPSA) is 88.1 Å². The number of nitrogens with zero attached hydrogens (tertiary/aromatic N) is 4. The van der Waals surface area contributed by atoms with Crippen LogP contribution in [0.5, 0.6) is 5.75 Å². The lowest BCUT2D eigenvalue weighted by Gasteiger charge is -2.43.